The van der Waals surface area contributed by atoms with E-state index in [0.29, 0.717) is 12.0 Å². The first-order valence-corrected chi connectivity index (χ1v) is 11.9. The third kappa shape index (κ3) is 4.32. The zero-order valence-electron chi connectivity index (χ0n) is 17.9. The fourth-order valence-corrected chi connectivity index (χ4v) is 5.72. The third-order valence-corrected chi connectivity index (χ3v) is 7.55. The maximum absolute atomic E-state index is 13.4. The van der Waals surface area contributed by atoms with Gasteiger partial charge in [-0.15, -0.1) is 0 Å². The van der Waals surface area contributed by atoms with Gasteiger partial charge in [-0.1, -0.05) is 59.9 Å². The van der Waals surface area contributed by atoms with E-state index in [0.717, 1.165) is 5.56 Å². The van der Waals surface area contributed by atoms with Gasteiger partial charge in [0.25, 0.3) is 0 Å². The van der Waals surface area contributed by atoms with Crippen molar-refractivity contribution in [1.29, 1.82) is 0 Å². The van der Waals surface area contributed by atoms with Gasteiger partial charge in [0.2, 0.25) is 9.70 Å². The van der Waals surface area contributed by atoms with Crippen LogP contribution in [-0.4, -0.2) is 58.1 Å². The van der Waals surface area contributed by atoms with Crippen LogP contribution < -0.4 is 10.6 Å². The maximum Gasteiger partial charge on any atom is 0.407 e. The Hall–Kier alpha value is -1.58. The number of aldehydes is 1. The standard InChI is InChI=1S/C22H25Cl3N2O6/c1-2-20(31,10-28)14-7-17-21(13-5-3-4-6-15(13)26-18(21)29)8-16(12(14)9-32-17)27-19(30)33-11-22(23,24)25/h3-6,10,12,14,16-17,31H,2,7-9,11H2,1H3,(H,26,29)(H,27,30)/t12-,14+,16-,17-,20+,21-/m0/s1. The predicted octanol–water partition coefficient (Wildman–Crippen LogP) is 3.11. The van der Waals surface area contributed by atoms with E-state index in [1.54, 1.807) is 6.92 Å². The molecule has 3 fully saturated rings. The van der Waals surface area contributed by atoms with Crippen LogP contribution in [0.5, 0.6) is 0 Å². The fraction of sp³-hybridized carbons (Fsp3) is 0.591. The van der Waals surface area contributed by atoms with Crippen molar-refractivity contribution < 1.29 is 29.0 Å². The molecule has 1 saturated carbocycles. The van der Waals surface area contributed by atoms with Gasteiger partial charge >= 0.3 is 6.09 Å². The van der Waals surface area contributed by atoms with Crippen molar-refractivity contribution in [3.8, 4) is 0 Å². The smallest absolute Gasteiger partial charge is 0.407 e. The average molecular weight is 520 g/mol. The second-order valence-electron chi connectivity index (χ2n) is 8.91. The van der Waals surface area contributed by atoms with Gasteiger partial charge in [0.05, 0.1) is 12.7 Å². The molecule has 2 amide bonds. The second kappa shape index (κ2) is 8.89. The normalized spacial score (nSPS) is 32.5. The van der Waals surface area contributed by atoms with E-state index < -0.39 is 51.5 Å². The summed E-state index contributed by atoms with van der Waals surface area (Å²) in [5.74, 6) is -1.24. The Kier molecular flexibility index (Phi) is 6.61. The molecule has 1 spiro atoms. The Balaban J connectivity index is 1.74. The molecule has 11 heteroatoms. The number of carbonyl (C=O) groups is 3. The molecule has 5 rings (SSSR count). The Labute approximate surface area is 206 Å². The van der Waals surface area contributed by atoms with Crippen molar-refractivity contribution >= 4 is 58.8 Å². The zero-order valence-corrected chi connectivity index (χ0v) is 20.1. The van der Waals surface area contributed by atoms with Crippen LogP contribution >= 0.6 is 34.8 Å². The summed E-state index contributed by atoms with van der Waals surface area (Å²) in [6, 6.07) is 6.67. The minimum absolute atomic E-state index is 0.151. The second-order valence-corrected chi connectivity index (χ2v) is 11.4. The lowest BCUT2D eigenvalue weighted by atomic mass is 9.70. The number of anilines is 1. The van der Waals surface area contributed by atoms with Crippen molar-refractivity contribution in [2.24, 2.45) is 11.8 Å². The SMILES string of the molecule is CC[C@@](O)(C=O)[C@@H]1C[C@@H]2OC[C@@H]1[C@@H](NC(=O)OCC(Cl)(Cl)Cl)C[C@@]21C(=O)Nc2ccccc21. The number of aliphatic hydroxyl groups is 1. The minimum Gasteiger partial charge on any atom is -0.445 e. The molecule has 6 atom stereocenters. The molecule has 2 bridgehead atoms. The molecule has 180 valence electrons. The largest absolute Gasteiger partial charge is 0.445 e. The fourth-order valence-electron chi connectivity index (χ4n) is 5.55. The summed E-state index contributed by atoms with van der Waals surface area (Å²) in [7, 11) is 0. The van der Waals surface area contributed by atoms with Crippen LogP contribution in [0.3, 0.4) is 0 Å². The minimum atomic E-state index is -1.78. The zero-order chi connectivity index (χ0) is 24.0. The van der Waals surface area contributed by atoms with Crippen LogP contribution in [0.1, 0.15) is 31.7 Å². The van der Waals surface area contributed by atoms with Crippen LogP contribution in [0, 0.1) is 11.8 Å². The molecule has 4 aliphatic rings. The summed E-state index contributed by atoms with van der Waals surface area (Å²) in [5, 5.41) is 16.8. The van der Waals surface area contributed by atoms with Crippen LogP contribution in [-0.2, 0) is 24.5 Å². The first kappa shape index (κ1) is 24.5. The summed E-state index contributed by atoms with van der Waals surface area (Å²) in [4.78, 5) is 37.9. The van der Waals surface area contributed by atoms with Gasteiger partial charge in [-0.25, -0.2) is 4.79 Å². The van der Waals surface area contributed by atoms with Crippen molar-refractivity contribution in [3.63, 3.8) is 0 Å². The van der Waals surface area contributed by atoms with Crippen LogP contribution in [0.2, 0.25) is 0 Å². The molecular formula is C22H25Cl3N2O6. The number of hydrogen-bond donors (Lipinski definition) is 3. The molecule has 33 heavy (non-hydrogen) atoms. The van der Waals surface area contributed by atoms with Gasteiger partial charge in [0, 0.05) is 23.6 Å². The highest BCUT2D eigenvalue weighted by Crippen LogP contribution is 2.54. The van der Waals surface area contributed by atoms with Crippen LogP contribution in [0.15, 0.2) is 24.3 Å². The first-order chi connectivity index (χ1) is 15.5. The summed E-state index contributed by atoms with van der Waals surface area (Å²) in [6.45, 7) is 1.40. The number of ether oxygens (including phenoxy) is 2. The van der Waals surface area contributed by atoms with Gasteiger partial charge in [-0.2, -0.15) is 0 Å². The number of amides is 2. The molecule has 1 aromatic rings. The Morgan fingerprint density at radius 2 is 2.12 bits per heavy atom. The van der Waals surface area contributed by atoms with Gasteiger partial charge < -0.3 is 30.0 Å². The lowest BCUT2D eigenvalue weighted by Crippen LogP contribution is -2.54. The number of alkyl halides is 3. The molecule has 3 aliphatic heterocycles. The number of benzene rings is 1. The predicted molar refractivity (Wildman–Crippen MR) is 123 cm³/mol. The Bertz CT molecular complexity index is 956. The average Bonchev–Trinajstić information content (AvgIpc) is 2.89. The van der Waals surface area contributed by atoms with E-state index in [1.807, 2.05) is 24.3 Å². The highest BCUT2D eigenvalue weighted by molar-refractivity contribution is 6.67. The van der Waals surface area contributed by atoms with Crippen LogP contribution in [0.4, 0.5) is 10.5 Å². The monoisotopic (exact) mass is 518 g/mol. The highest BCUT2D eigenvalue weighted by Gasteiger charge is 2.62. The van der Waals surface area contributed by atoms with Crippen molar-refractivity contribution in [2.75, 3.05) is 18.5 Å². The maximum atomic E-state index is 13.4. The van der Waals surface area contributed by atoms with Crippen molar-refractivity contribution in [1.82, 2.24) is 5.32 Å². The molecule has 2 saturated heterocycles. The number of fused-ring (bicyclic) bond motifs is 4. The number of para-hydroxylation sites is 1. The highest BCUT2D eigenvalue weighted by atomic mass is 35.6. The Morgan fingerprint density at radius 1 is 1.39 bits per heavy atom. The van der Waals surface area contributed by atoms with E-state index in [-0.39, 0.29) is 31.8 Å². The van der Waals surface area contributed by atoms with E-state index in [2.05, 4.69) is 10.6 Å². The van der Waals surface area contributed by atoms with E-state index in [4.69, 9.17) is 44.3 Å². The lowest BCUT2D eigenvalue weighted by Gasteiger charge is -2.43. The molecule has 3 N–H and O–H groups in total. The third-order valence-electron chi connectivity index (χ3n) is 7.23. The van der Waals surface area contributed by atoms with Crippen molar-refractivity contribution in [2.45, 2.75) is 53.1 Å². The number of hydrogen-bond acceptors (Lipinski definition) is 6. The van der Waals surface area contributed by atoms with Gasteiger partial charge in [-0.3, -0.25) is 4.79 Å². The number of carbonyl (C=O) groups excluding carboxylic acids is 3. The molecule has 3 heterocycles. The molecule has 1 aliphatic carbocycles. The molecule has 8 nitrogen and oxygen atoms in total. The molecule has 1 aromatic carbocycles. The van der Waals surface area contributed by atoms with E-state index in [1.165, 1.54) is 0 Å². The lowest BCUT2D eigenvalue weighted by molar-refractivity contribution is -0.152. The molecule has 0 radical (unpaired) electrons. The topological polar surface area (TPSA) is 114 Å². The number of halogens is 3. The van der Waals surface area contributed by atoms with Gasteiger partial charge in [0.1, 0.15) is 17.6 Å². The molecule has 0 aromatic heterocycles. The summed E-state index contributed by atoms with van der Waals surface area (Å²) in [6.07, 6.45) is -0.218. The first-order valence-electron chi connectivity index (χ1n) is 10.8. The van der Waals surface area contributed by atoms with E-state index in [9.17, 15) is 19.5 Å². The summed E-state index contributed by atoms with van der Waals surface area (Å²) >= 11 is 17.1. The number of nitrogens with one attached hydrogen (secondary N) is 2. The van der Waals surface area contributed by atoms with E-state index >= 15 is 0 Å². The van der Waals surface area contributed by atoms with Gasteiger partial charge in [0.15, 0.2) is 6.29 Å². The van der Waals surface area contributed by atoms with Crippen molar-refractivity contribution in [3.05, 3.63) is 29.8 Å². The van der Waals surface area contributed by atoms with Gasteiger partial charge in [-0.05, 0) is 30.9 Å². The Morgan fingerprint density at radius 3 is 2.79 bits per heavy atom. The van der Waals surface area contributed by atoms with Crippen LogP contribution in [0.25, 0.3) is 0 Å². The molecule has 0 unspecified atom stereocenters. The number of rotatable bonds is 5. The quantitative estimate of drug-likeness (QED) is 0.407. The number of alkyl carbamates (subject to hydrolysis) is 1. The summed E-state index contributed by atoms with van der Waals surface area (Å²) in [5.41, 5.74) is -1.31. The summed E-state index contributed by atoms with van der Waals surface area (Å²) < 4.78 is 9.44. The molecular weight excluding hydrogens is 495 g/mol.